The Morgan fingerprint density at radius 2 is 1.68 bits per heavy atom. The minimum absolute atomic E-state index is 0.673. The summed E-state index contributed by atoms with van der Waals surface area (Å²) in [5, 5.41) is 4.14. The zero-order valence-electron chi connectivity index (χ0n) is 10.1. The number of hydrogen-bond acceptors (Lipinski definition) is 1. The molecule has 0 heterocycles. The summed E-state index contributed by atoms with van der Waals surface area (Å²) in [6.45, 7) is 2.73. The van der Waals surface area contributed by atoms with Crippen LogP contribution in [-0.4, -0.2) is 0 Å². The molecule has 0 saturated carbocycles. The highest BCUT2D eigenvalue weighted by atomic mass is 79.9. The summed E-state index contributed by atoms with van der Waals surface area (Å²) < 4.78 is 3.05. The second-order valence-electron chi connectivity index (χ2n) is 4.19. The Labute approximate surface area is 143 Å². The van der Waals surface area contributed by atoms with E-state index >= 15 is 0 Å². The third kappa shape index (κ3) is 3.97. The predicted molar refractivity (Wildman–Crippen MR) is 93.1 cm³/mol. The lowest BCUT2D eigenvalue weighted by molar-refractivity contribution is 1.14. The van der Waals surface area contributed by atoms with Crippen molar-refractivity contribution in [1.29, 1.82) is 0 Å². The zero-order chi connectivity index (χ0) is 14.0. The van der Waals surface area contributed by atoms with E-state index in [1.165, 1.54) is 5.56 Å². The summed E-state index contributed by atoms with van der Waals surface area (Å²) in [6, 6.07) is 10.1. The van der Waals surface area contributed by atoms with Crippen LogP contribution in [0.2, 0.25) is 5.02 Å². The molecule has 0 saturated heterocycles. The number of aryl methyl sites for hydroxylation is 1. The molecule has 100 valence electrons. The molecule has 0 spiro atoms. The molecule has 0 fully saturated rings. The first kappa shape index (κ1) is 15.4. The van der Waals surface area contributed by atoms with Gasteiger partial charge in [0.1, 0.15) is 0 Å². The molecule has 0 bridgehead atoms. The SMILES string of the molecule is Cc1cc(Br)c(NCc2ccc(Br)cc2Cl)c(Br)c1. The van der Waals surface area contributed by atoms with Gasteiger partial charge >= 0.3 is 0 Å². The Balaban J connectivity index is 2.19. The molecule has 0 aromatic heterocycles. The van der Waals surface area contributed by atoms with Crippen molar-refractivity contribution in [2.75, 3.05) is 5.32 Å². The highest BCUT2D eigenvalue weighted by Crippen LogP contribution is 2.33. The largest absolute Gasteiger partial charge is 0.379 e. The van der Waals surface area contributed by atoms with E-state index in [1.54, 1.807) is 0 Å². The van der Waals surface area contributed by atoms with E-state index in [2.05, 4.69) is 72.2 Å². The van der Waals surface area contributed by atoms with E-state index in [-0.39, 0.29) is 0 Å². The van der Waals surface area contributed by atoms with Crippen LogP contribution in [0.15, 0.2) is 43.7 Å². The van der Waals surface area contributed by atoms with Crippen molar-refractivity contribution in [3.05, 3.63) is 59.9 Å². The lowest BCUT2D eigenvalue weighted by Crippen LogP contribution is -2.02. The quantitative estimate of drug-likeness (QED) is 0.539. The fourth-order valence-electron chi connectivity index (χ4n) is 1.72. The van der Waals surface area contributed by atoms with Crippen LogP contribution >= 0.6 is 59.4 Å². The second kappa shape index (κ2) is 6.61. The standard InChI is InChI=1S/C14H11Br3ClN/c1-8-4-11(16)14(12(17)5-8)19-7-9-2-3-10(15)6-13(9)18/h2-6,19H,7H2,1H3. The van der Waals surface area contributed by atoms with Gasteiger partial charge in [-0.3, -0.25) is 0 Å². The zero-order valence-corrected chi connectivity index (χ0v) is 15.6. The first-order valence-electron chi connectivity index (χ1n) is 5.61. The molecule has 19 heavy (non-hydrogen) atoms. The van der Waals surface area contributed by atoms with Crippen molar-refractivity contribution in [3.63, 3.8) is 0 Å². The average molecular weight is 468 g/mol. The molecule has 0 unspecified atom stereocenters. The second-order valence-corrected chi connectivity index (χ2v) is 7.22. The normalized spacial score (nSPS) is 10.6. The molecular weight excluding hydrogens is 457 g/mol. The van der Waals surface area contributed by atoms with Crippen LogP contribution in [0.4, 0.5) is 5.69 Å². The van der Waals surface area contributed by atoms with Gasteiger partial charge < -0.3 is 5.32 Å². The number of anilines is 1. The number of halogens is 4. The van der Waals surface area contributed by atoms with Crippen molar-refractivity contribution in [2.24, 2.45) is 0 Å². The lowest BCUT2D eigenvalue weighted by Gasteiger charge is -2.13. The van der Waals surface area contributed by atoms with Gasteiger partial charge in [-0.1, -0.05) is 33.6 Å². The van der Waals surface area contributed by atoms with Crippen LogP contribution in [0.3, 0.4) is 0 Å². The maximum atomic E-state index is 6.21. The Bertz CT molecular complexity index is 591. The minimum Gasteiger partial charge on any atom is -0.379 e. The predicted octanol–water partition coefficient (Wildman–Crippen LogP) is 6.55. The van der Waals surface area contributed by atoms with E-state index in [0.717, 1.165) is 29.7 Å². The average Bonchev–Trinajstić information content (AvgIpc) is 2.30. The molecule has 0 amide bonds. The van der Waals surface area contributed by atoms with Crippen molar-refractivity contribution in [1.82, 2.24) is 0 Å². The Hall–Kier alpha value is -0.0300. The molecule has 0 aliphatic heterocycles. The first-order valence-corrected chi connectivity index (χ1v) is 8.36. The van der Waals surface area contributed by atoms with Crippen molar-refractivity contribution < 1.29 is 0 Å². The van der Waals surface area contributed by atoms with Gasteiger partial charge in [0.15, 0.2) is 0 Å². The van der Waals surface area contributed by atoms with Gasteiger partial charge in [0.25, 0.3) is 0 Å². The van der Waals surface area contributed by atoms with E-state index in [9.17, 15) is 0 Å². The van der Waals surface area contributed by atoms with Crippen LogP contribution < -0.4 is 5.32 Å². The molecule has 2 aromatic carbocycles. The minimum atomic E-state index is 0.673. The molecule has 2 rings (SSSR count). The fraction of sp³-hybridized carbons (Fsp3) is 0.143. The van der Waals surface area contributed by atoms with Crippen LogP contribution in [0.25, 0.3) is 0 Å². The Morgan fingerprint density at radius 1 is 1.05 bits per heavy atom. The number of benzene rings is 2. The monoisotopic (exact) mass is 465 g/mol. The van der Waals surface area contributed by atoms with Gasteiger partial charge in [-0.25, -0.2) is 0 Å². The van der Waals surface area contributed by atoms with Gasteiger partial charge in [-0.2, -0.15) is 0 Å². The molecule has 0 atom stereocenters. The molecule has 0 aliphatic rings. The Morgan fingerprint density at radius 3 is 2.26 bits per heavy atom. The molecular formula is C14H11Br3ClN. The van der Waals surface area contributed by atoms with E-state index in [4.69, 9.17) is 11.6 Å². The first-order chi connectivity index (χ1) is 8.97. The third-order valence-electron chi connectivity index (χ3n) is 2.66. The highest BCUT2D eigenvalue weighted by molar-refractivity contribution is 9.11. The topological polar surface area (TPSA) is 12.0 Å². The fourth-order valence-corrected chi connectivity index (χ4v) is 4.15. The van der Waals surface area contributed by atoms with E-state index in [0.29, 0.717) is 6.54 Å². The summed E-state index contributed by atoms with van der Waals surface area (Å²) in [5.74, 6) is 0. The van der Waals surface area contributed by atoms with Gasteiger partial charge in [0.2, 0.25) is 0 Å². The molecule has 0 radical (unpaired) electrons. The van der Waals surface area contributed by atoms with Gasteiger partial charge in [0, 0.05) is 25.0 Å². The summed E-state index contributed by atoms with van der Waals surface area (Å²) in [4.78, 5) is 0. The number of rotatable bonds is 3. The van der Waals surface area contributed by atoms with Crippen LogP contribution in [0.1, 0.15) is 11.1 Å². The molecule has 5 heteroatoms. The number of hydrogen-bond donors (Lipinski definition) is 1. The summed E-state index contributed by atoms with van der Waals surface area (Å²) in [6.07, 6.45) is 0. The lowest BCUT2D eigenvalue weighted by atomic mass is 10.2. The summed E-state index contributed by atoms with van der Waals surface area (Å²) in [5.41, 5.74) is 3.29. The maximum Gasteiger partial charge on any atom is 0.0631 e. The highest BCUT2D eigenvalue weighted by Gasteiger charge is 2.07. The van der Waals surface area contributed by atoms with E-state index < -0.39 is 0 Å². The van der Waals surface area contributed by atoms with Gasteiger partial charge in [-0.15, -0.1) is 0 Å². The van der Waals surface area contributed by atoms with Crippen molar-refractivity contribution in [2.45, 2.75) is 13.5 Å². The molecule has 2 aromatic rings. The van der Waals surface area contributed by atoms with E-state index in [1.807, 2.05) is 18.2 Å². The van der Waals surface area contributed by atoms with Crippen LogP contribution in [0, 0.1) is 6.92 Å². The van der Waals surface area contributed by atoms with Gasteiger partial charge in [0.05, 0.1) is 5.69 Å². The van der Waals surface area contributed by atoms with Crippen LogP contribution in [0.5, 0.6) is 0 Å². The smallest absolute Gasteiger partial charge is 0.0631 e. The Kier molecular flexibility index (Phi) is 5.35. The number of nitrogens with one attached hydrogen (secondary N) is 1. The van der Waals surface area contributed by atoms with Gasteiger partial charge in [-0.05, 0) is 74.2 Å². The maximum absolute atomic E-state index is 6.21. The van der Waals surface area contributed by atoms with Crippen molar-refractivity contribution in [3.8, 4) is 0 Å². The van der Waals surface area contributed by atoms with Crippen molar-refractivity contribution >= 4 is 65.1 Å². The third-order valence-corrected chi connectivity index (χ3v) is 4.75. The summed E-state index contributed by atoms with van der Waals surface area (Å²) in [7, 11) is 0. The van der Waals surface area contributed by atoms with Crippen LogP contribution in [-0.2, 0) is 6.54 Å². The molecule has 1 N–H and O–H groups in total. The molecule has 1 nitrogen and oxygen atoms in total. The summed E-state index contributed by atoms with van der Waals surface area (Å²) >= 11 is 16.7. The molecule has 0 aliphatic carbocycles.